The first kappa shape index (κ1) is 17.8. The van der Waals surface area contributed by atoms with Gasteiger partial charge < -0.3 is 0 Å². The maximum absolute atomic E-state index is 14.7. The van der Waals surface area contributed by atoms with Gasteiger partial charge in [-0.1, -0.05) is 54.6 Å². The first-order valence-electron chi connectivity index (χ1n) is 8.86. The Morgan fingerprint density at radius 3 is 2.25 bits per heavy atom. The molecule has 5 heteroatoms. The number of rotatable bonds is 3. The number of halogens is 1. The summed E-state index contributed by atoms with van der Waals surface area (Å²) in [5.74, 6) is 5.12. The van der Waals surface area contributed by atoms with Gasteiger partial charge in [-0.2, -0.15) is 0 Å². The third kappa shape index (κ3) is 3.02. The number of nitrogens with two attached hydrogens (primary N) is 1. The maximum Gasteiger partial charge on any atom is 0.273 e. The van der Waals surface area contributed by atoms with Gasteiger partial charge in [0.1, 0.15) is 5.82 Å². The van der Waals surface area contributed by atoms with E-state index in [9.17, 15) is 9.18 Å². The normalized spacial score (nSPS) is 10.8. The summed E-state index contributed by atoms with van der Waals surface area (Å²) in [4.78, 5) is 18.0. The number of aromatic nitrogens is 1. The maximum atomic E-state index is 14.7. The number of nitrogens with zero attached hydrogens (tertiary/aromatic N) is 2. The zero-order valence-corrected chi connectivity index (χ0v) is 15.3. The number of pyridine rings is 1. The van der Waals surface area contributed by atoms with Crippen LogP contribution in [0.2, 0.25) is 0 Å². The fraction of sp³-hybridized carbons (Fsp3) is 0.0435. The Morgan fingerprint density at radius 2 is 1.57 bits per heavy atom. The third-order valence-corrected chi connectivity index (χ3v) is 4.72. The lowest BCUT2D eigenvalue weighted by Crippen LogP contribution is -2.38. The molecule has 1 aromatic heterocycles. The number of anilines is 1. The van der Waals surface area contributed by atoms with Crippen molar-refractivity contribution in [2.45, 2.75) is 6.92 Å². The predicted octanol–water partition coefficient (Wildman–Crippen LogP) is 4.87. The summed E-state index contributed by atoms with van der Waals surface area (Å²) in [5.41, 5.74) is 3.21. The number of para-hydroxylation sites is 1. The van der Waals surface area contributed by atoms with E-state index in [0.717, 1.165) is 10.6 Å². The van der Waals surface area contributed by atoms with Crippen LogP contribution in [0.25, 0.3) is 22.2 Å². The van der Waals surface area contributed by atoms with Crippen LogP contribution in [-0.4, -0.2) is 10.9 Å². The van der Waals surface area contributed by atoms with Gasteiger partial charge in [0.05, 0.1) is 22.5 Å². The summed E-state index contributed by atoms with van der Waals surface area (Å²) in [5, 5.41) is 1.22. The number of benzene rings is 3. The van der Waals surface area contributed by atoms with E-state index >= 15 is 0 Å². The molecule has 28 heavy (non-hydrogen) atoms. The Bertz CT molecular complexity index is 1160. The van der Waals surface area contributed by atoms with Gasteiger partial charge in [0.25, 0.3) is 5.91 Å². The second-order valence-electron chi connectivity index (χ2n) is 6.47. The molecule has 2 N–H and O–H groups in total. The molecule has 1 amide bonds. The highest BCUT2D eigenvalue weighted by Gasteiger charge is 2.24. The Balaban J connectivity index is 1.98. The molecule has 0 aliphatic rings. The van der Waals surface area contributed by atoms with Gasteiger partial charge in [-0.3, -0.25) is 4.79 Å². The second kappa shape index (κ2) is 7.21. The van der Waals surface area contributed by atoms with Crippen LogP contribution in [0, 0.1) is 12.7 Å². The molecular formula is C23H18FN3O. The van der Waals surface area contributed by atoms with Crippen molar-refractivity contribution in [1.29, 1.82) is 0 Å². The SMILES string of the molecule is Cc1c(-c2ccccc2)nc2cccc(F)c2c1C(=O)N(N)c1ccccc1. The quantitative estimate of drug-likeness (QED) is 0.317. The number of hydrazine groups is 1. The molecule has 1 heterocycles. The van der Waals surface area contributed by atoms with Crippen molar-refractivity contribution in [3.63, 3.8) is 0 Å². The van der Waals surface area contributed by atoms with E-state index < -0.39 is 11.7 Å². The Kier molecular flexibility index (Phi) is 4.59. The second-order valence-corrected chi connectivity index (χ2v) is 6.47. The molecule has 4 nitrogen and oxygen atoms in total. The number of carbonyl (C=O) groups excluding carboxylic acids is 1. The molecule has 0 radical (unpaired) electrons. The van der Waals surface area contributed by atoms with Crippen molar-refractivity contribution in [1.82, 2.24) is 4.98 Å². The van der Waals surface area contributed by atoms with Crippen molar-refractivity contribution in [3.05, 3.63) is 95.8 Å². The van der Waals surface area contributed by atoms with Crippen molar-refractivity contribution < 1.29 is 9.18 Å². The lowest BCUT2D eigenvalue weighted by atomic mass is 9.96. The molecule has 138 valence electrons. The minimum absolute atomic E-state index is 0.177. The highest BCUT2D eigenvalue weighted by Crippen LogP contribution is 2.32. The van der Waals surface area contributed by atoms with Gasteiger partial charge in [-0.15, -0.1) is 0 Å². The van der Waals surface area contributed by atoms with Gasteiger partial charge in [0.15, 0.2) is 0 Å². The van der Waals surface area contributed by atoms with Crippen LogP contribution in [0.15, 0.2) is 78.9 Å². The van der Waals surface area contributed by atoms with Crippen LogP contribution >= 0.6 is 0 Å². The van der Waals surface area contributed by atoms with E-state index in [1.807, 2.05) is 36.4 Å². The molecule has 4 aromatic rings. The van der Waals surface area contributed by atoms with Crippen molar-refractivity contribution in [2.24, 2.45) is 5.84 Å². The third-order valence-electron chi connectivity index (χ3n) is 4.72. The fourth-order valence-corrected chi connectivity index (χ4v) is 3.33. The van der Waals surface area contributed by atoms with E-state index in [2.05, 4.69) is 4.98 Å². The molecule has 0 saturated carbocycles. The first-order valence-corrected chi connectivity index (χ1v) is 8.86. The topological polar surface area (TPSA) is 59.2 Å². The molecule has 0 unspecified atom stereocenters. The molecule has 4 rings (SSSR count). The zero-order valence-electron chi connectivity index (χ0n) is 15.3. The number of carbonyl (C=O) groups is 1. The zero-order chi connectivity index (χ0) is 19.7. The fourth-order valence-electron chi connectivity index (χ4n) is 3.33. The highest BCUT2D eigenvalue weighted by atomic mass is 19.1. The largest absolute Gasteiger partial charge is 0.273 e. The summed E-state index contributed by atoms with van der Waals surface area (Å²) in [7, 11) is 0. The van der Waals surface area contributed by atoms with Crippen LogP contribution in [0.1, 0.15) is 15.9 Å². The van der Waals surface area contributed by atoms with Crippen LogP contribution in [0.5, 0.6) is 0 Å². The van der Waals surface area contributed by atoms with E-state index in [1.54, 1.807) is 43.3 Å². The Morgan fingerprint density at radius 1 is 0.929 bits per heavy atom. The minimum atomic E-state index is -0.502. The van der Waals surface area contributed by atoms with Gasteiger partial charge in [0.2, 0.25) is 0 Å². The minimum Gasteiger partial charge on any atom is -0.267 e. The highest BCUT2D eigenvalue weighted by molar-refractivity contribution is 6.15. The Hall–Kier alpha value is -3.57. The average molecular weight is 371 g/mol. The molecule has 0 aliphatic carbocycles. The summed E-state index contributed by atoms with van der Waals surface area (Å²) in [6.45, 7) is 1.77. The van der Waals surface area contributed by atoms with E-state index in [0.29, 0.717) is 22.5 Å². The molecule has 0 bridgehead atoms. The lowest BCUT2D eigenvalue weighted by Gasteiger charge is -2.20. The average Bonchev–Trinajstić information content (AvgIpc) is 2.74. The van der Waals surface area contributed by atoms with E-state index in [1.165, 1.54) is 6.07 Å². The Labute approximate surface area is 162 Å². The predicted molar refractivity (Wildman–Crippen MR) is 109 cm³/mol. The van der Waals surface area contributed by atoms with E-state index in [-0.39, 0.29) is 10.9 Å². The van der Waals surface area contributed by atoms with E-state index in [4.69, 9.17) is 5.84 Å². The van der Waals surface area contributed by atoms with Gasteiger partial charge >= 0.3 is 0 Å². The van der Waals surface area contributed by atoms with Crippen LogP contribution in [0.3, 0.4) is 0 Å². The van der Waals surface area contributed by atoms with Crippen molar-refractivity contribution in [3.8, 4) is 11.3 Å². The first-order chi connectivity index (χ1) is 13.6. The molecule has 0 aliphatic heterocycles. The molecule has 0 saturated heterocycles. The monoisotopic (exact) mass is 371 g/mol. The van der Waals surface area contributed by atoms with Crippen LogP contribution < -0.4 is 10.9 Å². The van der Waals surface area contributed by atoms with Gasteiger partial charge in [-0.05, 0) is 36.8 Å². The number of amides is 1. The van der Waals surface area contributed by atoms with Gasteiger partial charge in [0, 0.05) is 10.9 Å². The lowest BCUT2D eigenvalue weighted by molar-refractivity contribution is 0.0987. The molecule has 3 aromatic carbocycles. The van der Waals surface area contributed by atoms with Crippen LogP contribution in [-0.2, 0) is 0 Å². The summed E-state index contributed by atoms with van der Waals surface area (Å²) < 4.78 is 14.7. The standard InChI is InChI=1S/C23H18FN3O/c1-15-20(23(28)27(25)17-11-6-3-7-12-17)21-18(24)13-8-14-19(21)26-22(15)16-9-4-2-5-10-16/h2-14H,25H2,1H3. The molecular weight excluding hydrogens is 353 g/mol. The van der Waals surface area contributed by atoms with Gasteiger partial charge in [-0.25, -0.2) is 20.2 Å². The number of hydrogen-bond donors (Lipinski definition) is 1. The summed E-state index contributed by atoms with van der Waals surface area (Å²) >= 11 is 0. The summed E-state index contributed by atoms with van der Waals surface area (Å²) in [6, 6.07) is 23.0. The van der Waals surface area contributed by atoms with Crippen molar-refractivity contribution >= 4 is 22.5 Å². The summed E-state index contributed by atoms with van der Waals surface area (Å²) in [6.07, 6.45) is 0. The molecule has 0 fully saturated rings. The smallest absolute Gasteiger partial charge is 0.267 e. The number of fused-ring (bicyclic) bond motifs is 1. The van der Waals surface area contributed by atoms with Crippen LogP contribution in [0.4, 0.5) is 10.1 Å². The molecule has 0 spiro atoms. The van der Waals surface area contributed by atoms with Crippen molar-refractivity contribution in [2.75, 3.05) is 5.01 Å². The molecule has 0 atom stereocenters. The number of hydrogen-bond acceptors (Lipinski definition) is 3.